The Bertz CT molecular complexity index is 853. The Morgan fingerprint density at radius 1 is 1.20 bits per heavy atom. The Morgan fingerprint density at radius 2 is 1.96 bits per heavy atom. The molecular weight excluding hydrogens is 318 g/mol. The number of rotatable bonds is 3. The van der Waals surface area contributed by atoms with E-state index in [1.54, 1.807) is 12.1 Å². The van der Waals surface area contributed by atoms with Gasteiger partial charge in [0.05, 0.1) is 0 Å². The number of carbonyl (C=O) groups excluding carboxylic acids is 2. The van der Waals surface area contributed by atoms with Crippen LogP contribution in [0.1, 0.15) is 28.7 Å². The van der Waals surface area contributed by atoms with Crippen molar-refractivity contribution >= 4 is 17.6 Å². The van der Waals surface area contributed by atoms with E-state index in [-0.39, 0.29) is 5.91 Å². The van der Waals surface area contributed by atoms with Crippen molar-refractivity contribution < 1.29 is 14.0 Å². The quantitative estimate of drug-likeness (QED) is 0.802. The molecule has 1 aromatic carbocycles. The SMILES string of the molecule is C=C1NC(=O)N[C@@H](c2ccc(C)o2)[C@H]1C(=O)Nc1ccc(C)cc1C. The summed E-state index contributed by atoms with van der Waals surface area (Å²) >= 11 is 0. The van der Waals surface area contributed by atoms with Crippen molar-refractivity contribution in [1.29, 1.82) is 0 Å². The third-order valence-electron chi connectivity index (χ3n) is 4.26. The summed E-state index contributed by atoms with van der Waals surface area (Å²) < 4.78 is 5.63. The number of hydrogen-bond acceptors (Lipinski definition) is 3. The predicted molar refractivity (Wildman–Crippen MR) is 95.0 cm³/mol. The molecular formula is C19H21N3O3. The first-order chi connectivity index (χ1) is 11.8. The molecule has 2 atom stereocenters. The second-order valence-corrected chi connectivity index (χ2v) is 6.34. The van der Waals surface area contributed by atoms with Crippen LogP contribution in [0.2, 0.25) is 0 Å². The minimum absolute atomic E-state index is 0.261. The molecule has 25 heavy (non-hydrogen) atoms. The predicted octanol–water partition coefficient (Wildman–Crippen LogP) is 3.33. The van der Waals surface area contributed by atoms with Crippen molar-refractivity contribution in [3.8, 4) is 0 Å². The molecule has 1 aromatic heterocycles. The number of benzene rings is 1. The van der Waals surface area contributed by atoms with Crippen LogP contribution in [-0.4, -0.2) is 11.9 Å². The van der Waals surface area contributed by atoms with E-state index < -0.39 is 18.0 Å². The van der Waals surface area contributed by atoms with Crippen molar-refractivity contribution in [2.24, 2.45) is 5.92 Å². The second kappa shape index (κ2) is 6.47. The Balaban J connectivity index is 1.89. The number of amides is 3. The van der Waals surface area contributed by atoms with Crippen LogP contribution >= 0.6 is 0 Å². The average molecular weight is 339 g/mol. The molecule has 0 radical (unpaired) electrons. The molecule has 3 N–H and O–H groups in total. The zero-order valence-corrected chi connectivity index (χ0v) is 14.5. The van der Waals surface area contributed by atoms with Crippen LogP contribution in [0.3, 0.4) is 0 Å². The summed E-state index contributed by atoms with van der Waals surface area (Å²) in [7, 11) is 0. The summed E-state index contributed by atoms with van der Waals surface area (Å²) in [5, 5.41) is 8.26. The molecule has 0 unspecified atom stereocenters. The maximum atomic E-state index is 12.9. The first kappa shape index (κ1) is 16.8. The minimum Gasteiger partial charge on any atom is -0.464 e. The molecule has 6 heteroatoms. The number of hydrogen-bond donors (Lipinski definition) is 3. The van der Waals surface area contributed by atoms with Crippen LogP contribution in [-0.2, 0) is 4.79 Å². The topological polar surface area (TPSA) is 83.4 Å². The number of nitrogens with one attached hydrogen (secondary N) is 3. The fraction of sp³-hybridized carbons (Fsp3) is 0.263. The highest BCUT2D eigenvalue weighted by molar-refractivity contribution is 5.97. The van der Waals surface area contributed by atoms with Gasteiger partial charge in [0.25, 0.3) is 0 Å². The van der Waals surface area contributed by atoms with Crippen molar-refractivity contribution in [3.05, 3.63) is 65.3 Å². The number of furan rings is 1. The van der Waals surface area contributed by atoms with E-state index in [0.717, 1.165) is 16.8 Å². The van der Waals surface area contributed by atoms with Gasteiger partial charge in [0.1, 0.15) is 23.5 Å². The van der Waals surface area contributed by atoms with E-state index in [0.29, 0.717) is 17.2 Å². The number of urea groups is 1. The molecule has 2 aromatic rings. The van der Waals surface area contributed by atoms with E-state index in [2.05, 4.69) is 22.5 Å². The fourth-order valence-corrected chi connectivity index (χ4v) is 3.02. The smallest absolute Gasteiger partial charge is 0.319 e. The van der Waals surface area contributed by atoms with E-state index in [1.807, 2.05) is 39.0 Å². The molecule has 2 heterocycles. The van der Waals surface area contributed by atoms with Crippen LogP contribution in [0.5, 0.6) is 0 Å². The molecule has 0 saturated carbocycles. The van der Waals surface area contributed by atoms with Crippen LogP contribution in [0.15, 0.2) is 47.0 Å². The molecule has 1 aliphatic rings. The highest BCUT2D eigenvalue weighted by Crippen LogP contribution is 2.31. The molecule has 1 aliphatic heterocycles. The van der Waals surface area contributed by atoms with Gasteiger partial charge in [-0.1, -0.05) is 24.3 Å². The monoisotopic (exact) mass is 339 g/mol. The van der Waals surface area contributed by atoms with Crippen LogP contribution in [0.25, 0.3) is 0 Å². The zero-order chi connectivity index (χ0) is 18.1. The standard InChI is InChI=1S/C19H21N3O3/c1-10-5-7-14(11(2)9-10)21-18(23)16-13(4)20-19(24)22-17(16)15-8-6-12(3)25-15/h5-9,16-17H,4H2,1-3H3,(H,21,23)(H2,20,22,24)/t16-,17-/m0/s1. The normalized spacial score (nSPS) is 20.0. The number of carbonyl (C=O) groups is 2. The summed E-state index contributed by atoms with van der Waals surface area (Å²) in [6, 6.07) is 8.35. The van der Waals surface area contributed by atoms with Crippen molar-refractivity contribution in [3.63, 3.8) is 0 Å². The van der Waals surface area contributed by atoms with Gasteiger partial charge in [0.2, 0.25) is 5.91 Å². The maximum Gasteiger partial charge on any atom is 0.319 e. The van der Waals surface area contributed by atoms with Gasteiger partial charge in [-0.05, 0) is 44.5 Å². The van der Waals surface area contributed by atoms with E-state index >= 15 is 0 Å². The summed E-state index contributed by atoms with van der Waals surface area (Å²) in [6.07, 6.45) is 0. The third kappa shape index (κ3) is 3.42. The molecule has 1 saturated heterocycles. The summed E-state index contributed by atoms with van der Waals surface area (Å²) in [5.41, 5.74) is 3.16. The Hall–Kier alpha value is -3.02. The van der Waals surface area contributed by atoms with Gasteiger partial charge in [-0.3, -0.25) is 4.79 Å². The first-order valence-electron chi connectivity index (χ1n) is 8.06. The van der Waals surface area contributed by atoms with E-state index in [4.69, 9.17) is 4.42 Å². The van der Waals surface area contributed by atoms with Crippen molar-refractivity contribution in [1.82, 2.24) is 10.6 Å². The van der Waals surface area contributed by atoms with Crippen LogP contribution in [0, 0.1) is 26.7 Å². The van der Waals surface area contributed by atoms with Gasteiger partial charge in [0, 0.05) is 11.4 Å². The molecule has 0 bridgehead atoms. The van der Waals surface area contributed by atoms with Crippen LogP contribution < -0.4 is 16.0 Å². The minimum atomic E-state index is -0.691. The van der Waals surface area contributed by atoms with E-state index in [9.17, 15) is 9.59 Å². The summed E-state index contributed by atoms with van der Waals surface area (Å²) in [5.74, 6) is 0.281. The molecule has 1 fully saturated rings. The van der Waals surface area contributed by atoms with Crippen LogP contribution in [0.4, 0.5) is 10.5 Å². The molecule has 0 aliphatic carbocycles. The van der Waals surface area contributed by atoms with Gasteiger partial charge in [-0.2, -0.15) is 0 Å². The fourth-order valence-electron chi connectivity index (χ4n) is 3.02. The van der Waals surface area contributed by atoms with Crippen molar-refractivity contribution in [2.45, 2.75) is 26.8 Å². The van der Waals surface area contributed by atoms with E-state index in [1.165, 1.54) is 0 Å². The van der Waals surface area contributed by atoms with Crippen molar-refractivity contribution in [2.75, 3.05) is 5.32 Å². The Kier molecular flexibility index (Phi) is 4.35. The molecule has 0 spiro atoms. The van der Waals surface area contributed by atoms with Gasteiger partial charge in [-0.25, -0.2) is 4.79 Å². The number of aryl methyl sites for hydroxylation is 3. The lowest BCUT2D eigenvalue weighted by Crippen LogP contribution is -2.51. The summed E-state index contributed by atoms with van der Waals surface area (Å²) in [4.78, 5) is 24.7. The number of anilines is 1. The Morgan fingerprint density at radius 3 is 2.60 bits per heavy atom. The molecule has 130 valence electrons. The maximum absolute atomic E-state index is 12.9. The first-order valence-corrected chi connectivity index (χ1v) is 8.06. The second-order valence-electron chi connectivity index (χ2n) is 6.34. The molecule has 3 amide bonds. The lowest BCUT2D eigenvalue weighted by molar-refractivity contribution is -0.120. The van der Waals surface area contributed by atoms with Gasteiger partial charge in [-0.15, -0.1) is 0 Å². The molecule has 3 rings (SSSR count). The zero-order valence-electron chi connectivity index (χ0n) is 14.5. The summed E-state index contributed by atoms with van der Waals surface area (Å²) in [6.45, 7) is 9.60. The van der Waals surface area contributed by atoms with Gasteiger partial charge in [0.15, 0.2) is 0 Å². The Labute approximate surface area is 146 Å². The largest absolute Gasteiger partial charge is 0.464 e. The molecule has 6 nitrogen and oxygen atoms in total. The van der Waals surface area contributed by atoms with Gasteiger partial charge >= 0.3 is 6.03 Å². The lowest BCUT2D eigenvalue weighted by atomic mass is 9.91. The highest BCUT2D eigenvalue weighted by Gasteiger charge is 2.39. The van der Waals surface area contributed by atoms with Gasteiger partial charge < -0.3 is 20.4 Å². The third-order valence-corrected chi connectivity index (χ3v) is 4.26. The lowest BCUT2D eigenvalue weighted by Gasteiger charge is -2.32. The average Bonchev–Trinajstić information content (AvgIpc) is 2.95. The highest BCUT2D eigenvalue weighted by atomic mass is 16.3.